The van der Waals surface area contributed by atoms with Gasteiger partial charge in [-0.2, -0.15) is 0 Å². The van der Waals surface area contributed by atoms with Crippen molar-refractivity contribution in [1.82, 2.24) is 0 Å². The molecule has 0 amide bonds. The van der Waals surface area contributed by atoms with E-state index in [1.165, 1.54) is 36.1 Å². The van der Waals surface area contributed by atoms with Crippen molar-refractivity contribution in [2.45, 2.75) is 55.8 Å². The minimum absolute atomic E-state index is 0.542. The van der Waals surface area contributed by atoms with E-state index in [1.54, 1.807) is 0 Å². The Morgan fingerprint density at radius 3 is 2.60 bits per heavy atom. The molecule has 108 valence electrons. The normalized spacial score (nSPS) is 35.0. The fourth-order valence-corrected chi connectivity index (χ4v) is 7.86. The molecule has 0 nitrogen and oxygen atoms in total. The van der Waals surface area contributed by atoms with Gasteiger partial charge < -0.3 is 0 Å². The second-order valence-electron chi connectivity index (χ2n) is 7.15. The van der Waals surface area contributed by atoms with E-state index < -0.39 is 0 Å². The average molecular weight is 287 g/mol. The maximum absolute atomic E-state index is 3.84. The van der Waals surface area contributed by atoms with Gasteiger partial charge in [0, 0.05) is 34.7 Å². The molecular weight excluding hydrogens is 260 g/mol. The zero-order valence-corrected chi connectivity index (χ0v) is 13.9. The Kier molecular flexibility index (Phi) is 3.75. The standard InChI is InChI=1S/C19H27S/c1-5-15-7-9-16(10-8-15)13-20-18-12-17(19(20,3)4)11-6-14(18)2/h5,7-10,14,17-18H,1,6,11-13H2,2-4H3/q+1/t14-,17-,18-,20?/m1/s1. The van der Waals surface area contributed by atoms with Gasteiger partial charge in [0.2, 0.25) is 0 Å². The molecule has 2 bridgehead atoms. The molecule has 1 aliphatic heterocycles. The molecule has 1 unspecified atom stereocenters. The van der Waals surface area contributed by atoms with Gasteiger partial charge in [-0.05, 0) is 32.3 Å². The summed E-state index contributed by atoms with van der Waals surface area (Å²) in [6.45, 7) is 11.4. The molecule has 3 rings (SSSR count). The highest BCUT2D eigenvalue weighted by Crippen LogP contribution is 2.53. The Balaban J connectivity index is 1.82. The number of rotatable bonds is 3. The van der Waals surface area contributed by atoms with Crippen LogP contribution in [0.1, 0.15) is 51.2 Å². The average Bonchev–Trinajstić information content (AvgIpc) is 2.65. The fraction of sp³-hybridized carbons (Fsp3) is 0.579. The Morgan fingerprint density at radius 1 is 1.25 bits per heavy atom. The Labute approximate surface area is 127 Å². The van der Waals surface area contributed by atoms with Crippen LogP contribution in [0.2, 0.25) is 0 Å². The minimum atomic E-state index is 0.542. The molecule has 1 heterocycles. The lowest BCUT2D eigenvalue weighted by atomic mass is 9.78. The molecule has 0 spiro atoms. The summed E-state index contributed by atoms with van der Waals surface area (Å²) in [7, 11) is 0.542. The van der Waals surface area contributed by atoms with E-state index >= 15 is 0 Å². The van der Waals surface area contributed by atoms with Gasteiger partial charge in [0.25, 0.3) is 0 Å². The molecule has 1 saturated heterocycles. The first kappa shape index (κ1) is 14.3. The molecule has 0 aromatic heterocycles. The molecule has 0 N–H and O–H groups in total. The third kappa shape index (κ3) is 2.35. The quantitative estimate of drug-likeness (QED) is 0.683. The van der Waals surface area contributed by atoms with E-state index in [9.17, 15) is 0 Å². The Bertz CT molecular complexity index is 485. The monoisotopic (exact) mass is 287 g/mol. The first-order valence-corrected chi connectivity index (χ1v) is 9.39. The third-order valence-corrected chi connectivity index (χ3v) is 9.40. The third-order valence-electron chi connectivity index (χ3n) is 5.68. The molecule has 0 radical (unpaired) electrons. The number of hydrogen-bond donors (Lipinski definition) is 0. The van der Waals surface area contributed by atoms with Crippen molar-refractivity contribution in [2.75, 3.05) is 0 Å². The van der Waals surface area contributed by atoms with Crippen molar-refractivity contribution < 1.29 is 0 Å². The van der Waals surface area contributed by atoms with Crippen LogP contribution in [0.3, 0.4) is 0 Å². The van der Waals surface area contributed by atoms with Crippen LogP contribution < -0.4 is 0 Å². The van der Waals surface area contributed by atoms with Crippen LogP contribution in [0.4, 0.5) is 0 Å². The summed E-state index contributed by atoms with van der Waals surface area (Å²) >= 11 is 0. The predicted molar refractivity (Wildman–Crippen MR) is 92.0 cm³/mol. The molecule has 1 saturated carbocycles. The molecule has 4 atom stereocenters. The summed E-state index contributed by atoms with van der Waals surface area (Å²) in [6, 6.07) is 9.05. The Morgan fingerprint density at radius 2 is 1.95 bits per heavy atom. The van der Waals surface area contributed by atoms with E-state index in [0.29, 0.717) is 15.6 Å². The van der Waals surface area contributed by atoms with Gasteiger partial charge in [0.15, 0.2) is 0 Å². The highest BCUT2D eigenvalue weighted by atomic mass is 32.2. The summed E-state index contributed by atoms with van der Waals surface area (Å²) < 4.78 is 0.548. The van der Waals surface area contributed by atoms with E-state index in [1.807, 2.05) is 6.08 Å². The van der Waals surface area contributed by atoms with Gasteiger partial charge in [-0.1, -0.05) is 43.8 Å². The molecular formula is C19H27S+. The van der Waals surface area contributed by atoms with Crippen LogP contribution in [0.15, 0.2) is 30.8 Å². The van der Waals surface area contributed by atoms with Crippen molar-refractivity contribution in [3.8, 4) is 0 Å². The second kappa shape index (κ2) is 5.26. The van der Waals surface area contributed by atoms with E-state index in [4.69, 9.17) is 0 Å². The number of fused-ring (bicyclic) bond motifs is 2. The lowest BCUT2D eigenvalue weighted by Crippen LogP contribution is -2.36. The molecule has 1 aromatic carbocycles. The molecule has 2 aliphatic rings. The molecule has 1 heteroatoms. The van der Waals surface area contributed by atoms with Gasteiger partial charge in [-0.25, -0.2) is 0 Å². The van der Waals surface area contributed by atoms with Crippen LogP contribution in [-0.2, 0) is 16.6 Å². The number of hydrogen-bond acceptors (Lipinski definition) is 0. The largest absolute Gasteiger partial charge is 0.134 e. The van der Waals surface area contributed by atoms with E-state index in [-0.39, 0.29) is 0 Å². The van der Waals surface area contributed by atoms with Crippen molar-refractivity contribution in [3.63, 3.8) is 0 Å². The van der Waals surface area contributed by atoms with Gasteiger partial charge >= 0.3 is 0 Å². The van der Waals surface area contributed by atoms with Gasteiger partial charge in [-0.15, -0.1) is 0 Å². The van der Waals surface area contributed by atoms with Gasteiger partial charge in [0.05, 0.1) is 0 Å². The highest BCUT2D eigenvalue weighted by Gasteiger charge is 2.60. The smallest absolute Gasteiger partial charge is 0.0985 e. The lowest BCUT2D eigenvalue weighted by molar-refractivity contribution is 0.290. The maximum Gasteiger partial charge on any atom is 0.134 e. The summed E-state index contributed by atoms with van der Waals surface area (Å²) in [4.78, 5) is 0. The van der Waals surface area contributed by atoms with Crippen molar-refractivity contribution in [2.24, 2.45) is 11.8 Å². The predicted octanol–water partition coefficient (Wildman–Crippen LogP) is 5.04. The summed E-state index contributed by atoms with van der Waals surface area (Å²) in [6.07, 6.45) is 6.34. The molecule has 1 aliphatic carbocycles. The molecule has 1 aromatic rings. The second-order valence-corrected chi connectivity index (χ2v) is 9.95. The zero-order valence-electron chi connectivity index (χ0n) is 13.1. The SMILES string of the molecule is C=Cc1ccc(C[S+]2[C@@H]3C[C@@H](CC[C@H]3C)C2(C)C)cc1. The lowest BCUT2D eigenvalue weighted by Gasteiger charge is -2.24. The van der Waals surface area contributed by atoms with Crippen LogP contribution >= 0.6 is 0 Å². The highest BCUT2D eigenvalue weighted by molar-refractivity contribution is 7.98. The van der Waals surface area contributed by atoms with Gasteiger partial charge in [-0.3, -0.25) is 0 Å². The van der Waals surface area contributed by atoms with E-state index in [0.717, 1.165) is 17.1 Å². The van der Waals surface area contributed by atoms with E-state index in [2.05, 4.69) is 51.6 Å². The topological polar surface area (TPSA) is 0 Å². The Hall–Kier alpha value is -0.690. The van der Waals surface area contributed by atoms with Crippen molar-refractivity contribution in [3.05, 3.63) is 42.0 Å². The molecule has 20 heavy (non-hydrogen) atoms. The summed E-state index contributed by atoms with van der Waals surface area (Å²) in [5.41, 5.74) is 2.75. The summed E-state index contributed by atoms with van der Waals surface area (Å²) in [5.74, 6) is 3.19. The fourth-order valence-electron chi connectivity index (χ4n) is 4.14. The van der Waals surface area contributed by atoms with Crippen LogP contribution in [0.25, 0.3) is 6.08 Å². The maximum atomic E-state index is 3.84. The minimum Gasteiger partial charge on any atom is -0.0985 e. The van der Waals surface area contributed by atoms with Crippen LogP contribution in [-0.4, -0.2) is 10.00 Å². The number of benzene rings is 1. The summed E-state index contributed by atoms with van der Waals surface area (Å²) in [5, 5.41) is 0.975. The van der Waals surface area contributed by atoms with Crippen molar-refractivity contribution >= 4 is 17.0 Å². The van der Waals surface area contributed by atoms with Crippen LogP contribution in [0.5, 0.6) is 0 Å². The van der Waals surface area contributed by atoms with Gasteiger partial charge in [0.1, 0.15) is 15.7 Å². The van der Waals surface area contributed by atoms with Crippen molar-refractivity contribution in [1.29, 1.82) is 0 Å². The first-order chi connectivity index (χ1) is 9.52. The zero-order chi connectivity index (χ0) is 14.3. The van der Waals surface area contributed by atoms with Crippen LogP contribution in [0, 0.1) is 11.8 Å². The molecule has 2 fully saturated rings. The first-order valence-electron chi connectivity index (χ1n) is 7.93.